The second-order valence-corrected chi connectivity index (χ2v) is 3.44. The molecule has 0 aliphatic heterocycles. The maximum atomic E-state index is 6.05. The molecule has 0 bridgehead atoms. The van der Waals surface area contributed by atoms with Gasteiger partial charge < -0.3 is 10.3 Å². The standard InChI is InChI=1S/C10H19N3/c1-3-5-10(9(11)4-2)13-7-6-12-8-13/h6-10H,3-5,11H2,1-2H3. The van der Waals surface area contributed by atoms with Crippen molar-refractivity contribution >= 4 is 0 Å². The van der Waals surface area contributed by atoms with Gasteiger partial charge in [-0.2, -0.15) is 0 Å². The zero-order valence-corrected chi connectivity index (χ0v) is 8.48. The Morgan fingerprint density at radius 3 is 2.69 bits per heavy atom. The van der Waals surface area contributed by atoms with Crippen molar-refractivity contribution in [2.75, 3.05) is 0 Å². The molecule has 0 radical (unpaired) electrons. The molecule has 0 amide bonds. The maximum Gasteiger partial charge on any atom is 0.0949 e. The van der Waals surface area contributed by atoms with Crippen molar-refractivity contribution in [3.8, 4) is 0 Å². The number of nitrogens with zero attached hydrogens (tertiary/aromatic N) is 2. The molecule has 13 heavy (non-hydrogen) atoms. The van der Waals surface area contributed by atoms with Gasteiger partial charge in [0.1, 0.15) is 0 Å². The number of imidazole rings is 1. The summed E-state index contributed by atoms with van der Waals surface area (Å²) >= 11 is 0. The van der Waals surface area contributed by atoms with Crippen LogP contribution in [-0.4, -0.2) is 15.6 Å². The second-order valence-electron chi connectivity index (χ2n) is 3.44. The van der Waals surface area contributed by atoms with Crippen LogP contribution in [0.2, 0.25) is 0 Å². The summed E-state index contributed by atoms with van der Waals surface area (Å²) in [5.41, 5.74) is 6.05. The molecule has 0 aliphatic rings. The average Bonchev–Trinajstić information content (AvgIpc) is 2.65. The number of hydrogen-bond acceptors (Lipinski definition) is 2. The topological polar surface area (TPSA) is 43.8 Å². The number of aromatic nitrogens is 2. The monoisotopic (exact) mass is 181 g/mol. The van der Waals surface area contributed by atoms with Crippen molar-refractivity contribution in [2.24, 2.45) is 5.73 Å². The van der Waals surface area contributed by atoms with Gasteiger partial charge >= 0.3 is 0 Å². The number of nitrogens with two attached hydrogens (primary N) is 1. The molecule has 1 heterocycles. The highest BCUT2D eigenvalue weighted by molar-refractivity contribution is 4.85. The molecule has 1 aromatic heterocycles. The van der Waals surface area contributed by atoms with Gasteiger partial charge in [-0.15, -0.1) is 0 Å². The second kappa shape index (κ2) is 5.02. The van der Waals surface area contributed by atoms with Crippen molar-refractivity contribution in [2.45, 2.75) is 45.2 Å². The SMILES string of the molecule is CCCC(C(N)CC)n1ccnc1. The Morgan fingerprint density at radius 2 is 2.23 bits per heavy atom. The molecule has 0 saturated carbocycles. The fourth-order valence-electron chi connectivity index (χ4n) is 1.62. The van der Waals surface area contributed by atoms with Crippen LogP contribution >= 0.6 is 0 Å². The highest BCUT2D eigenvalue weighted by atomic mass is 15.1. The Kier molecular flexibility index (Phi) is 3.96. The van der Waals surface area contributed by atoms with E-state index in [0.717, 1.165) is 19.3 Å². The Morgan fingerprint density at radius 1 is 1.46 bits per heavy atom. The Labute approximate surface area is 80.0 Å². The van der Waals surface area contributed by atoms with Gasteiger partial charge in [-0.1, -0.05) is 20.3 Å². The minimum Gasteiger partial charge on any atom is -0.333 e. The third-order valence-corrected chi connectivity index (χ3v) is 2.46. The first-order valence-corrected chi connectivity index (χ1v) is 5.02. The van der Waals surface area contributed by atoms with E-state index < -0.39 is 0 Å². The van der Waals surface area contributed by atoms with Gasteiger partial charge in [-0.3, -0.25) is 0 Å². The Bertz CT molecular complexity index is 218. The molecule has 0 aliphatic carbocycles. The smallest absolute Gasteiger partial charge is 0.0949 e. The van der Waals surface area contributed by atoms with Crippen molar-refractivity contribution in [3.63, 3.8) is 0 Å². The van der Waals surface area contributed by atoms with Crippen LogP contribution in [0.3, 0.4) is 0 Å². The molecular formula is C10H19N3. The average molecular weight is 181 g/mol. The fourth-order valence-corrected chi connectivity index (χ4v) is 1.62. The summed E-state index contributed by atoms with van der Waals surface area (Å²) in [6.07, 6.45) is 8.97. The van der Waals surface area contributed by atoms with Crippen LogP contribution in [-0.2, 0) is 0 Å². The van der Waals surface area contributed by atoms with Gasteiger partial charge in [0.2, 0.25) is 0 Å². The molecule has 1 aromatic rings. The first-order valence-electron chi connectivity index (χ1n) is 5.02. The van der Waals surface area contributed by atoms with Crippen molar-refractivity contribution in [1.29, 1.82) is 0 Å². The summed E-state index contributed by atoms with van der Waals surface area (Å²) in [4.78, 5) is 4.05. The lowest BCUT2D eigenvalue weighted by Gasteiger charge is -2.23. The molecule has 2 unspecified atom stereocenters. The highest BCUT2D eigenvalue weighted by Gasteiger charge is 2.15. The van der Waals surface area contributed by atoms with E-state index in [2.05, 4.69) is 23.4 Å². The van der Waals surface area contributed by atoms with Crippen LogP contribution in [0.25, 0.3) is 0 Å². The van der Waals surface area contributed by atoms with Crippen molar-refractivity contribution < 1.29 is 0 Å². The van der Waals surface area contributed by atoms with E-state index >= 15 is 0 Å². The zero-order valence-electron chi connectivity index (χ0n) is 8.48. The molecular weight excluding hydrogens is 162 g/mol. The van der Waals surface area contributed by atoms with E-state index in [-0.39, 0.29) is 6.04 Å². The van der Waals surface area contributed by atoms with Crippen LogP contribution in [0.1, 0.15) is 39.2 Å². The van der Waals surface area contributed by atoms with Crippen molar-refractivity contribution in [3.05, 3.63) is 18.7 Å². The largest absolute Gasteiger partial charge is 0.333 e. The number of hydrogen-bond donors (Lipinski definition) is 1. The summed E-state index contributed by atoms with van der Waals surface area (Å²) in [6, 6.07) is 0.659. The van der Waals surface area contributed by atoms with Crippen LogP contribution in [0.5, 0.6) is 0 Å². The lowest BCUT2D eigenvalue weighted by Crippen LogP contribution is -2.31. The van der Waals surface area contributed by atoms with Crippen LogP contribution < -0.4 is 5.73 Å². The summed E-state index contributed by atoms with van der Waals surface area (Å²) in [5, 5.41) is 0. The van der Waals surface area contributed by atoms with E-state index in [0.29, 0.717) is 6.04 Å². The molecule has 74 valence electrons. The molecule has 0 spiro atoms. The van der Waals surface area contributed by atoms with Gasteiger partial charge in [0, 0.05) is 24.5 Å². The highest BCUT2D eigenvalue weighted by Crippen LogP contribution is 2.18. The Hall–Kier alpha value is -0.830. The van der Waals surface area contributed by atoms with E-state index in [1.807, 2.05) is 18.7 Å². The zero-order chi connectivity index (χ0) is 9.68. The van der Waals surface area contributed by atoms with E-state index in [9.17, 15) is 0 Å². The van der Waals surface area contributed by atoms with Crippen LogP contribution in [0.4, 0.5) is 0 Å². The van der Waals surface area contributed by atoms with Gasteiger partial charge in [0.25, 0.3) is 0 Å². The lowest BCUT2D eigenvalue weighted by atomic mass is 10.0. The summed E-state index contributed by atoms with van der Waals surface area (Å²) in [5.74, 6) is 0. The number of rotatable bonds is 5. The minimum absolute atomic E-state index is 0.245. The molecule has 0 saturated heterocycles. The molecule has 2 N–H and O–H groups in total. The van der Waals surface area contributed by atoms with E-state index in [1.165, 1.54) is 0 Å². The van der Waals surface area contributed by atoms with Crippen LogP contribution in [0.15, 0.2) is 18.7 Å². The third kappa shape index (κ3) is 2.56. The normalized spacial score (nSPS) is 15.6. The van der Waals surface area contributed by atoms with Gasteiger partial charge in [-0.05, 0) is 12.8 Å². The molecule has 1 rings (SSSR count). The summed E-state index contributed by atoms with van der Waals surface area (Å²) < 4.78 is 2.12. The van der Waals surface area contributed by atoms with Gasteiger partial charge in [-0.25, -0.2) is 4.98 Å². The van der Waals surface area contributed by atoms with Crippen molar-refractivity contribution in [1.82, 2.24) is 9.55 Å². The van der Waals surface area contributed by atoms with E-state index in [4.69, 9.17) is 5.73 Å². The molecule has 3 heteroatoms. The molecule has 3 nitrogen and oxygen atoms in total. The first kappa shape index (κ1) is 10.3. The fraction of sp³-hybridized carbons (Fsp3) is 0.700. The van der Waals surface area contributed by atoms with Gasteiger partial charge in [0.05, 0.1) is 6.33 Å². The first-order chi connectivity index (χ1) is 6.29. The van der Waals surface area contributed by atoms with Gasteiger partial charge in [0.15, 0.2) is 0 Å². The summed E-state index contributed by atoms with van der Waals surface area (Å²) in [6.45, 7) is 4.32. The van der Waals surface area contributed by atoms with E-state index in [1.54, 1.807) is 0 Å². The summed E-state index contributed by atoms with van der Waals surface area (Å²) in [7, 11) is 0. The predicted octanol–water partition coefficient (Wildman–Crippen LogP) is 1.96. The molecule has 0 fully saturated rings. The Balaban J connectivity index is 2.68. The maximum absolute atomic E-state index is 6.05. The molecule has 0 aromatic carbocycles. The predicted molar refractivity (Wildman–Crippen MR) is 54.4 cm³/mol. The lowest BCUT2D eigenvalue weighted by molar-refractivity contribution is 0.373. The quantitative estimate of drug-likeness (QED) is 0.754. The minimum atomic E-state index is 0.245. The molecule has 2 atom stereocenters. The van der Waals surface area contributed by atoms with Crippen LogP contribution in [0, 0.1) is 0 Å². The third-order valence-electron chi connectivity index (χ3n) is 2.46.